The summed E-state index contributed by atoms with van der Waals surface area (Å²) in [7, 11) is 1.67. The molecule has 2 saturated heterocycles. The monoisotopic (exact) mass is 565 g/mol. The number of hydrogen-bond acceptors (Lipinski definition) is 6. The van der Waals surface area contributed by atoms with E-state index >= 15 is 0 Å². The van der Waals surface area contributed by atoms with Crippen molar-refractivity contribution in [3.8, 4) is 28.5 Å². The molecule has 3 aromatic carbocycles. The molecule has 7 heteroatoms. The lowest BCUT2D eigenvalue weighted by Gasteiger charge is -2.46. The van der Waals surface area contributed by atoms with Crippen LogP contribution in [0.3, 0.4) is 0 Å². The van der Waals surface area contributed by atoms with Gasteiger partial charge in [0.05, 0.1) is 23.6 Å². The number of rotatable bonds is 8. The SMILES string of the molecule is C=C[C@@H](CN)[C@@]1(C)CCN2C(=O)S[C@@H](c3cc(-c4ccc(Oc5ccccc5)cc4)nc4ccc(OC)cc34)[C@@H]2C1. The van der Waals surface area contributed by atoms with E-state index in [1.54, 1.807) is 7.11 Å². The lowest BCUT2D eigenvalue weighted by Crippen LogP contribution is -2.49. The molecule has 6 nitrogen and oxygen atoms in total. The second-order valence-corrected chi connectivity index (χ2v) is 12.3. The Bertz CT molecular complexity index is 1580. The summed E-state index contributed by atoms with van der Waals surface area (Å²) in [5, 5.41) is 1.11. The van der Waals surface area contributed by atoms with Crippen LogP contribution in [-0.2, 0) is 0 Å². The first-order chi connectivity index (χ1) is 19.9. The van der Waals surface area contributed by atoms with Gasteiger partial charge < -0.3 is 20.1 Å². The van der Waals surface area contributed by atoms with Crippen LogP contribution < -0.4 is 15.2 Å². The summed E-state index contributed by atoms with van der Waals surface area (Å²) >= 11 is 1.43. The van der Waals surface area contributed by atoms with E-state index in [9.17, 15) is 4.79 Å². The van der Waals surface area contributed by atoms with Crippen LogP contribution in [-0.4, -0.2) is 41.4 Å². The van der Waals surface area contributed by atoms with Crippen LogP contribution in [0.5, 0.6) is 17.2 Å². The third-order valence-electron chi connectivity index (χ3n) is 8.73. The Morgan fingerprint density at radius 1 is 1.10 bits per heavy atom. The number of nitrogens with zero attached hydrogens (tertiary/aromatic N) is 2. The molecule has 4 aromatic rings. The second kappa shape index (κ2) is 11.2. The Morgan fingerprint density at radius 3 is 2.54 bits per heavy atom. The largest absolute Gasteiger partial charge is 0.497 e. The lowest BCUT2D eigenvalue weighted by atomic mass is 9.67. The summed E-state index contributed by atoms with van der Waals surface area (Å²) in [5.41, 5.74) is 9.97. The maximum absolute atomic E-state index is 13.3. The van der Waals surface area contributed by atoms with Gasteiger partial charge in [0.15, 0.2) is 0 Å². The van der Waals surface area contributed by atoms with Crippen molar-refractivity contribution in [3.63, 3.8) is 0 Å². The van der Waals surface area contributed by atoms with Crippen molar-refractivity contribution in [3.05, 3.63) is 97.1 Å². The predicted molar refractivity (Wildman–Crippen MR) is 167 cm³/mol. The van der Waals surface area contributed by atoms with Gasteiger partial charge in [-0.1, -0.05) is 43.0 Å². The molecule has 41 heavy (non-hydrogen) atoms. The molecule has 0 unspecified atom stereocenters. The van der Waals surface area contributed by atoms with Gasteiger partial charge in [0.2, 0.25) is 0 Å². The van der Waals surface area contributed by atoms with Gasteiger partial charge in [-0.2, -0.15) is 0 Å². The number of hydrogen-bond donors (Lipinski definition) is 1. The molecular formula is C34H35N3O3S. The van der Waals surface area contributed by atoms with E-state index in [1.165, 1.54) is 11.8 Å². The molecule has 2 aliphatic rings. The zero-order chi connectivity index (χ0) is 28.6. The summed E-state index contributed by atoms with van der Waals surface area (Å²) in [4.78, 5) is 20.4. The minimum Gasteiger partial charge on any atom is -0.497 e. The molecule has 210 valence electrons. The number of methoxy groups -OCH3 is 1. The Kier molecular flexibility index (Phi) is 7.49. The first-order valence-corrected chi connectivity index (χ1v) is 14.9. The smallest absolute Gasteiger partial charge is 0.282 e. The Balaban J connectivity index is 1.40. The van der Waals surface area contributed by atoms with Crippen molar-refractivity contribution in [2.75, 3.05) is 20.2 Å². The van der Waals surface area contributed by atoms with Crippen molar-refractivity contribution in [1.29, 1.82) is 0 Å². The van der Waals surface area contributed by atoms with E-state index in [1.807, 2.05) is 78.9 Å². The van der Waals surface area contributed by atoms with E-state index in [4.69, 9.17) is 20.2 Å². The molecule has 0 bridgehead atoms. The number of fused-ring (bicyclic) bond motifs is 2. The molecule has 4 atom stereocenters. The average Bonchev–Trinajstić information content (AvgIpc) is 3.32. The zero-order valence-electron chi connectivity index (χ0n) is 23.5. The fourth-order valence-corrected chi connectivity index (χ4v) is 7.62. The highest BCUT2D eigenvalue weighted by atomic mass is 32.2. The van der Waals surface area contributed by atoms with Crippen molar-refractivity contribution >= 4 is 27.9 Å². The third kappa shape index (κ3) is 5.20. The molecule has 1 amide bonds. The highest BCUT2D eigenvalue weighted by molar-refractivity contribution is 8.14. The van der Waals surface area contributed by atoms with E-state index in [-0.39, 0.29) is 27.9 Å². The zero-order valence-corrected chi connectivity index (χ0v) is 24.3. The van der Waals surface area contributed by atoms with Crippen LogP contribution in [0.1, 0.15) is 30.6 Å². The minimum absolute atomic E-state index is 0.0148. The van der Waals surface area contributed by atoms with E-state index in [2.05, 4.69) is 24.5 Å². The van der Waals surface area contributed by atoms with Crippen LogP contribution in [0.15, 0.2) is 91.5 Å². The molecule has 0 spiro atoms. The first-order valence-electron chi connectivity index (χ1n) is 14.0. The Morgan fingerprint density at radius 2 is 1.83 bits per heavy atom. The summed E-state index contributed by atoms with van der Waals surface area (Å²) < 4.78 is 11.6. The number of para-hydroxylation sites is 1. The lowest BCUT2D eigenvalue weighted by molar-refractivity contribution is 0.0683. The molecule has 2 fully saturated rings. The van der Waals surface area contributed by atoms with Gasteiger partial charge >= 0.3 is 0 Å². The van der Waals surface area contributed by atoms with Gasteiger partial charge in [0, 0.05) is 23.5 Å². The molecule has 2 N–H and O–H groups in total. The average molecular weight is 566 g/mol. The highest BCUT2D eigenvalue weighted by Gasteiger charge is 2.50. The van der Waals surface area contributed by atoms with E-state index < -0.39 is 0 Å². The summed E-state index contributed by atoms with van der Waals surface area (Å²) in [6, 6.07) is 25.9. The molecule has 6 rings (SSSR count). The van der Waals surface area contributed by atoms with Crippen LogP contribution in [0.25, 0.3) is 22.2 Å². The van der Waals surface area contributed by atoms with Crippen LogP contribution in [0.4, 0.5) is 4.79 Å². The summed E-state index contributed by atoms with van der Waals surface area (Å²) in [5.74, 6) is 2.52. The van der Waals surface area contributed by atoms with Gasteiger partial charge in [-0.25, -0.2) is 4.98 Å². The molecule has 3 heterocycles. The van der Waals surface area contributed by atoms with Crippen molar-refractivity contribution in [2.45, 2.75) is 31.1 Å². The van der Waals surface area contributed by atoms with Crippen molar-refractivity contribution in [1.82, 2.24) is 9.88 Å². The van der Waals surface area contributed by atoms with Gasteiger partial charge in [-0.05, 0) is 96.9 Å². The standard InChI is InChI=1S/C34H35N3O3S/c1-4-23(21-35)34(2)16-17-37-31(20-34)32(41-33(37)38)28-19-30(36-29-15-14-26(39-3)18-27(28)29)22-10-12-25(13-11-22)40-24-8-6-5-7-9-24/h4-15,18-19,23,31-32H,1,16-17,20-21,35H2,2-3H3/t23-,31-,32-,34-/m0/s1. The number of thioether (sulfide) groups is 1. The second-order valence-electron chi connectivity index (χ2n) is 11.2. The predicted octanol–water partition coefficient (Wildman–Crippen LogP) is 7.84. The maximum Gasteiger partial charge on any atom is 0.282 e. The van der Waals surface area contributed by atoms with Crippen molar-refractivity contribution in [2.24, 2.45) is 17.1 Å². The van der Waals surface area contributed by atoms with Crippen LogP contribution >= 0.6 is 11.8 Å². The minimum atomic E-state index is -0.0394. The third-order valence-corrected chi connectivity index (χ3v) is 9.99. The fraction of sp³-hybridized carbons (Fsp3) is 0.294. The van der Waals surface area contributed by atoms with Gasteiger partial charge in [0.25, 0.3) is 5.24 Å². The van der Waals surface area contributed by atoms with E-state index in [0.29, 0.717) is 6.54 Å². The molecule has 2 aliphatic heterocycles. The fourth-order valence-electron chi connectivity index (χ4n) is 6.32. The number of piperidine rings is 1. The number of amides is 1. The summed E-state index contributed by atoms with van der Waals surface area (Å²) in [6.45, 7) is 7.66. The Hall–Kier alpha value is -3.81. The number of ether oxygens (including phenoxy) is 2. The number of nitrogens with two attached hydrogens (primary N) is 1. The summed E-state index contributed by atoms with van der Waals surface area (Å²) in [6.07, 6.45) is 3.79. The molecule has 1 aromatic heterocycles. The number of carbonyl (C=O) groups is 1. The molecule has 0 saturated carbocycles. The highest BCUT2D eigenvalue weighted by Crippen LogP contribution is 2.54. The van der Waals surface area contributed by atoms with Gasteiger partial charge in [0.1, 0.15) is 17.2 Å². The topological polar surface area (TPSA) is 77.7 Å². The van der Waals surface area contributed by atoms with Gasteiger partial charge in [-0.3, -0.25) is 4.79 Å². The van der Waals surface area contributed by atoms with Crippen LogP contribution in [0, 0.1) is 11.3 Å². The molecule has 0 aliphatic carbocycles. The maximum atomic E-state index is 13.3. The van der Waals surface area contributed by atoms with Gasteiger partial charge in [-0.15, -0.1) is 6.58 Å². The first kappa shape index (κ1) is 27.4. The van der Waals surface area contributed by atoms with Crippen molar-refractivity contribution < 1.29 is 14.3 Å². The number of benzene rings is 3. The quantitative estimate of drug-likeness (QED) is 0.219. The number of carbonyl (C=O) groups excluding carboxylic acids is 1. The van der Waals surface area contributed by atoms with Crippen LogP contribution in [0.2, 0.25) is 0 Å². The normalized spacial score (nSPS) is 22.8. The molecular weight excluding hydrogens is 530 g/mol. The number of aromatic nitrogens is 1. The van der Waals surface area contributed by atoms with E-state index in [0.717, 1.165) is 64.4 Å². The molecule has 0 radical (unpaired) electrons. The number of pyridine rings is 1. The Labute approximate surface area is 245 Å².